The van der Waals surface area contributed by atoms with E-state index in [1.165, 1.54) is 6.07 Å². The van der Waals surface area contributed by atoms with Gasteiger partial charge < -0.3 is 0 Å². The van der Waals surface area contributed by atoms with Crippen LogP contribution in [0.4, 0.5) is 0 Å². The van der Waals surface area contributed by atoms with Crippen LogP contribution in [-0.2, 0) is 23.9 Å². The van der Waals surface area contributed by atoms with Gasteiger partial charge >= 0.3 is 0 Å². The lowest BCUT2D eigenvalue weighted by Crippen LogP contribution is -2.54. The van der Waals surface area contributed by atoms with Gasteiger partial charge in [0.15, 0.2) is 0 Å². The van der Waals surface area contributed by atoms with E-state index in [-0.39, 0.29) is 30.6 Å². The average Bonchev–Trinajstić information content (AvgIpc) is 2.92. The molecule has 0 spiro atoms. The van der Waals surface area contributed by atoms with E-state index in [0.717, 1.165) is 11.2 Å². The summed E-state index contributed by atoms with van der Waals surface area (Å²) in [6.07, 6.45) is 2.70. The number of hydrogen-bond donors (Lipinski definition) is 1. The van der Waals surface area contributed by atoms with Crippen LogP contribution in [0.25, 0.3) is 0 Å². The van der Waals surface area contributed by atoms with E-state index >= 15 is 0 Å². The fourth-order valence-electron chi connectivity index (χ4n) is 3.30. The third kappa shape index (κ3) is 4.75. The first-order valence-corrected chi connectivity index (χ1v) is 11.2. The predicted molar refractivity (Wildman–Crippen MR) is 105 cm³/mol. The molecule has 9 nitrogen and oxygen atoms in total. The number of piperidine rings is 1. The van der Waals surface area contributed by atoms with E-state index in [4.69, 9.17) is 0 Å². The van der Waals surface area contributed by atoms with Gasteiger partial charge in [-0.3, -0.25) is 33.6 Å². The molecular weight excluding hydrogens is 412 g/mol. The highest BCUT2D eigenvalue weighted by Crippen LogP contribution is 2.29. The highest BCUT2D eigenvalue weighted by atomic mass is 32.2. The van der Waals surface area contributed by atoms with E-state index in [1.54, 1.807) is 12.1 Å². The largest absolute Gasteiger partial charge is 0.295 e. The van der Waals surface area contributed by atoms with Crippen LogP contribution in [0, 0.1) is 11.8 Å². The maximum Gasteiger partial charge on any atom is 0.264 e. The molecule has 1 saturated heterocycles. The third-order valence-corrected chi connectivity index (χ3v) is 5.28. The van der Waals surface area contributed by atoms with Gasteiger partial charge in [0.05, 0.1) is 24.0 Å². The first-order chi connectivity index (χ1) is 14.2. The summed E-state index contributed by atoms with van der Waals surface area (Å²) in [5.74, 6) is 3.52. The quantitative estimate of drug-likeness (QED) is 0.302. The van der Waals surface area contributed by atoms with Gasteiger partial charge in [-0.15, -0.1) is 0 Å². The van der Waals surface area contributed by atoms with Crippen LogP contribution in [-0.4, -0.2) is 55.9 Å². The molecule has 2 heterocycles. The number of benzene rings is 1. The molecular formula is C20H20N2O7S. The smallest absolute Gasteiger partial charge is 0.264 e. The number of carbonyl (C=O) groups is 4. The van der Waals surface area contributed by atoms with Gasteiger partial charge in [-0.25, -0.2) is 0 Å². The van der Waals surface area contributed by atoms with Crippen LogP contribution in [0.2, 0.25) is 0 Å². The molecule has 30 heavy (non-hydrogen) atoms. The number of amides is 4. The molecule has 1 N–H and O–H groups in total. The van der Waals surface area contributed by atoms with Crippen molar-refractivity contribution in [2.45, 2.75) is 38.1 Å². The predicted octanol–water partition coefficient (Wildman–Crippen LogP) is 0.586. The molecule has 1 atom stereocenters. The molecule has 0 aliphatic carbocycles. The first kappa shape index (κ1) is 21.7. The molecule has 4 amide bonds. The molecule has 2 aliphatic rings. The zero-order valence-corrected chi connectivity index (χ0v) is 17.1. The Balaban J connectivity index is 1.70. The molecule has 1 aromatic carbocycles. The van der Waals surface area contributed by atoms with Gasteiger partial charge in [0, 0.05) is 18.4 Å². The number of rotatable bonds is 6. The summed E-state index contributed by atoms with van der Waals surface area (Å²) in [4.78, 5) is 50.0. The zero-order chi connectivity index (χ0) is 21.9. The Labute approximate surface area is 173 Å². The number of imide groups is 2. The lowest BCUT2D eigenvalue weighted by Gasteiger charge is -2.27. The van der Waals surface area contributed by atoms with Crippen molar-refractivity contribution in [3.63, 3.8) is 0 Å². The number of hydrogen-bond acceptors (Lipinski definition) is 7. The average molecular weight is 432 g/mol. The van der Waals surface area contributed by atoms with Gasteiger partial charge in [0.2, 0.25) is 11.8 Å². The Morgan fingerprint density at radius 2 is 1.93 bits per heavy atom. The van der Waals surface area contributed by atoms with Gasteiger partial charge in [-0.05, 0) is 31.4 Å². The summed E-state index contributed by atoms with van der Waals surface area (Å²) in [5.41, 5.74) is 0.714. The minimum absolute atomic E-state index is 0.0551. The standard InChI is InChI=1S/C20H20N2O7S/c1-30(27,28)29-12-5-3-2-4-7-13-8-6-9-14-17(13)20(26)22(19(14)25)15-10-11-16(23)21-18(15)24/h6,8-9,15H,2-3,5,10-12H2,1H3,(H,21,23,24). The molecule has 0 bridgehead atoms. The molecule has 0 radical (unpaired) electrons. The number of nitrogens with zero attached hydrogens (tertiary/aromatic N) is 1. The molecule has 1 fully saturated rings. The molecule has 1 aromatic rings. The minimum atomic E-state index is -3.46. The Bertz CT molecular complexity index is 1080. The summed E-state index contributed by atoms with van der Waals surface area (Å²) < 4.78 is 26.4. The Morgan fingerprint density at radius 1 is 1.17 bits per heavy atom. The van der Waals surface area contributed by atoms with Crippen LogP contribution < -0.4 is 5.32 Å². The van der Waals surface area contributed by atoms with Crippen LogP contribution in [0.5, 0.6) is 0 Å². The van der Waals surface area contributed by atoms with Crippen molar-refractivity contribution in [1.82, 2.24) is 10.2 Å². The first-order valence-electron chi connectivity index (χ1n) is 9.37. The highest BCUT2D eigenvalue weighted by molar-refractivity contribution is 7.85. The Hall–Kier alpha value is -3.03. The van der Waals surface area contributed by atoms with E-state index < -0.39 is 39.8 Å². The lowest BCUT2D eigenvalue weighted by molar-refractivity contribution is -0.136. The number of carbonyl (C=O) groups excluding carboxylic acids is 4. The van der Waals surface area contributed by atoms with Gasteiger partial charge in [-0.2, -0.15) is 8.42 Å². The van der Waals surface area contributed by atoms with Crippen LogP contribution in [0.15, 0.2) is 18.2 Å². The zero-order valence-electron chi connectivity index (χ0n) is 16.3. The summed E-state index contributed by atoms with van der Waals surface area (Å²) in [7, 11) is -3.46. The topological polar surface area (TPSA) is 127 Å². The fourth-order valence-corrected chi connectivity index (χ4v) is 3.72. The summed E-state index contributed by atoms with van der Waals surface area (Å²) in [5, 5.41) is 2.16. The van der Waals surface area contributed by atoms with Crippen LogP contribution in [0.3, 0.4) is 0 Å². The highest BCUT2D eigenvalue weighted by Gasteiger charge is 2.45. The SMILES string of the molecule is CS(=O)(=O)OCCCCC#Cc1cccc2c1C(=O)N(C1CCC(=O)NC1=O)C2=O. The van der Waals surface area contributed by atoms with E-state index in [0.29, 0.717) is 24.8 Å². The van der Waals surface area contributed by atoms with Crippen LogP contribution >= 0.6 is 0 Å². The molecule has 1 unspecified atom stereocenters. The van der Waals surface area contributed by atoms with Crippen molar-refractivity contribution in [3.8, 4) is 11.8 Å². The Kier molecular flexibility index (Phi) is 6.34. The van der Waals surface area contributed by atoms with Crippen molar-refractivity contribution >= 4 is 33.7 Å². The minimum Gasteiger partial charge on any atom is -0.295 e. The van der Waals surface area contributed by atoms with Crippen molar-refractivity contribution in [2.24, 2.45) is 0 Å². The molecule has 0 aromatic heterocycles. The maximum absolute atomic E-state index is 12.9. The van der Waals surface area contributed by atoms with Crippen molar-refractivity contribution < 1.29 is 31.8 Å². The van der Waals surface area contributed by atoms with Crippen molar-refractivity contribution in [1.29, 1.82) is 0 Å². The third-order valence-electron chi connectivity index (χ3n) is 4.68. The second-order valence-electron chi connectivity index (χ2n) is 6.96. The van der Waals surface area contributed by atoms with Crippen molar-refractivity contribution in [3.05, 3.63) is 34.9 Å². The Morgan fingerprint density at radius 3 is 2.63 bits per heavy atom. The number of nitrogens with one attached hydrogen (secondary N) is 1. The lowest BCUT2D eigenvalue weighted by atomic mass is 10.0. The molecule has 0 saturated carbocycles. The number of fused-ring (bicyclic) bond motifs is 1. The second kappa shape index (κ2) is 8.77. The maximum atomic E-state index is 12.9. The fraction of sp³-hybridized carbons (Fsp3) is 0.400. The molecule has 10 heteroatoms. The van der Waals surface area contributed by atoms with Crippen LogP contribution in [0.1, 0.15) is 58.4 Å². The second-order valence-corrected chi connectivity index (χ2v) is 8.60. The van der Waals surface area contributed by atoms with E-state index in [9.17, 15) is 27.6 Å². The molecule has 2 aliphatic heterocycles. The number of unbranched alkanes of at least 4 members (excludes halogenated alkanes) is 2. The molecule has 158 valence electrons. The monoisotopic (exact) mass is 432 g/mol. The van der Waals surface area contributed by atoms with Crippen molar-refractivity contribution in [2.75, 3.05) is 12.9 Å². The van der Waals surface area contributed by atoms with Gasteiger partial charge in [0.25, 0.3) is 21.9 Å². The summed E-state index contributed by atoms with van der Waals surface area (Å²) in [6, 6.07) is 3.72. The van der Waals surface area contributed by atoms with Gasteiger partial charge in [0.1, 0.15) is 6.04 Å². The summed E-state index contributed by atoms with van der Waals surface area (Å²) in [6.45, 7) is 0.0785. The normalized spacial score (nSPS) is 18.7. The summed E-state index contributed by atoms with van der Waals surface area (Å²) >= 11 is 0. The van der Waals surface area contributed by atoms with E-state index in [1.807, 2.05) is 0 Å². The van der Waals surface area contributed by atoms with Gasteiger partial charge in [-0.1, -0.05) is 17.9 Å². The molecule has 3 rings (SSSR count). The van der Waals surface area contributed by atoms with E-state index in [2.05, 4.69) is 21.3 Å².